The average molecular weight is 162 g/mol. The number of nitrogens with zero attached hydrogens (tertiary/aromatic N) is 1. The van der Waals surface area contributed by atoms with Gasteiger partial charge in [0.1, 0.15) is 11.8 Å². The number of nitriles is 1. The van der Waals surface area contributed by atoms with E-state index in [0.29, 0.717) is 0 Å². The van der Waals surface area contributed by atoms with Gasteiger partial charge in [0, 0.05) is 0 Å². The number of rotatable bonds is 1. The second-order valence-electron chi connectivity index (χ2n) is 2.18. The Labute approximate surface area is 68.8 Å². The van der Waals surface area contributed by atoms with Crippen molar-refractivity contribution >= 4 is 5.91 Å². The van der Waals surface area contributed by atoms with Gasteiger partial charge in [0.05, 0.1) is 11.1 Å². The van der Waals surface area contributed by atoms with Crippen LogP contribution < -0.4 is 5.73 Å². The lowest BCUT2D eigenvalue weighted by molar-refractivity contribution is 0.0997. The average Bonchev–Trinajstić information content (AvgIpc) is 2.04. The normalized spacial score (nSPS) is 8.92. The molecule has 1 amide bonds. The number of hydrogen-bond acceptors (Lipinski definition) is 3. The lowest BCUT2D eigenvalue weighted by atomic mass is 10.1. The Bertz CT molecular complexity index is 366. The van der Waals surface area contributed by atoms with Crippen molar-refractivity contribution in [3.8, 4) is 11.8 Å². The fourth-order valence-electron chi connectivity index (χ4n) is 0.833. The predicted octanol–water partition coefficient (Wildman–Crippen LogP) is 0.363. The van der Waals surface area contributed by atoms with E-state index < -0.39 is 5.91 Å². The summed E-state index contributed by atoms with van der Waals surface area (Å²) >= 11 is 0. The molecule has 1 aromatic rings. The molecule has 0 aliphatic carbocycles. The Balaban J connectivity index is 3.35. The van der Waals surface area contributed by atoms with Gasteiger partial charge in [-0.15, -0.1) is 0 Å². The first-order valence-electron chi connectivity index (χ1n) is 3.18. The van der Waals surface area contributed by atoms with Crippen LogP contribution in [0.3, 0.4) is 0 Å². The topological polar surface area (TPSA) is 87.1 Å². The summed E-state index contributed by atoms with van der Waals surface area (Å²) in [6, 6.07) is 5.98. The first-order valence-corrected chi connectivity index (χ1v) is 3.18. The van der Waals surface area contributed by atoms with Crippen LogP contribution in [0.5, 0.6) is 5.75 Å². The molecule has 0 saturated carbocycles. The third-order valence-electron chi connectivity index (χ3n) is 1.42. The number of benzene rings is 1. The Morgan fingerprint density at radius 3 is 2.75 bits per heavy atom. The number of nitrogens with two attached hydrogens (primary N) is 1. The van der Waals surface area contributed by atoms with E-state index in [9.17, 15) is 9.90 Å². The minimum atomic E-state index is -0.746. The maximum absolute atomic E-state index is 10.6. The van der Waals surface area contributed by atoms with Gasteiger partial charge in [0.15, 0.2) is 0 Å². The fourth-order valence-corrected chi connectivity index (χ4v) is 0.833. The van der Waals surface area contributed by atoms with Crippen LogP contribution in [0.25, 0.3) is 0 Å². The number of carbonyl (C=O) groups is 1. The van der Waals surface area contributed by atoms with Crippen LogP contribution in [0, 0.1) is 11.3 Å². The van der Waals surface area contributed by atoms with Gasteiger partial charge in [0.25, 0.3) is 5.91 Å². The summed E-state index contributed by atoms with van der Waals surface area (Å²) < 4.78 is 0. The first-order chi connectivity index (χ1) is 5.66. The highest BCUT2D eigenvalue weighted by Crippen LogP contribution is 2.20. The van der Waals surface area contributed by atoms with Crippen molar-refractivity contribution in [3.63, 3.8) is 0 Å². The summed E-state index contributed by atoms with van der Waals surface area (Å²) in [5, 5.41) is 17.7. The molecular weight excluding hydrogens is 156 g/mol. The van der Waals surface area contributed by atoms with E-state index in [1.807, 2.05) is 0 Å². The molecule has 0 heterocycles. The fraction of sp³-hybridized carbons (Fsp3) is 0. The van der Waals surface area contributed by atoms with Gasteiger partial charge in [-0.05, 0) is 12.1 Å². The summed E-state index contributed by atoms with van der Waals surface area (Å²) in [7, 11) is 0. The van der Waals surface area contributed by atoms with Crippen LogP contribution in [-0.4, -0.2) is 11.0 Å². The maximum atomic E-state index is 10.6. The van der Waals surface area contributed by atoms with Gasteiger partial charge in [-0.25, -0.2) is 0 Å². The Hall–Kier alpha value is -2.02. The Morgan fingerprint density at radius 1 is 1.58 bits per heavy atom. The third kappa shape index (κ3) is 1.20. The summed E-state index contributed by atoms with van der Waals surface area (Å²) in [6.45, 7) is 0. The van der Waals surface area contributed by atoms with Crippen molar-refractivity contribution in [1.29, 1.82) is 5.26 Å². The van der Waals surface area contributed by atoms with Crippen LogP contribution in [0.2, 0.25) is 0 Å². The molecule has 0 atom stereocenters. The third-order valence-corrected chi connectivity index (χ3v) is 1.42. The molecule has 0 aliphatic heterocycles. The molecule has 4 nitrogen and oxygen atoms in total. The van der Waals surface area contributed by atoms with E-state index in [0.717, 1.165) is 0 Å². The molecule has 4 heteroatoms. The van der Waals surface area contributed by atoms with Crippen molar-refractivity contribution < 1.29 is 9.90 Å². The molecule has 0 bridgehead atoms. The molecule has 0 radical (unpaired) electrons. The van der Waals surface area contributed by atoms with E-state index in [-0.39, 0.29) is 16.9 Å². The molecule has 0 aliphatic rings. The van der Waals surface area contributed by atoms with Gasteiger partial charge in [-0.1, -0.05) is 6.07 Å². The second-order valence-corrected chi connectivity index (χ2v) is 2.18. The van der Waals surface area contributed by atoms with Crippen molar-refractivity contribution in [2.24, 2.45) is 5.73 Å². The Morgan fingerprint density at radius 2 is 2.25 bits per heavy atom. The second kappa shape index (κ2) is 2.93. The highest BCUT2D eigenvalue weighted by molar-refractivity contribution is 5.96. The van der Waals surface area contributed by atoms with Gasteiger partial charge >= 0.3 is 0 Å². The molecule has 3 N–H and O–H groups in total. The number of amides is 1. The van der Waals surface area contributed by atoms with Crippen molar-refractivity contribution in [1.82, 2.24) is 0 Å². The summed E-state index contributed by atoms with van der Waals surface area (Å²) in [5.74, 6) is -1.10. The molecule has 0 fully saturated rings. The number of para-hydroxylation sites is 1. The predicted molar refractivity (Wildman–Crippen MR) is 41.3 cm³/mol. The van der Waals surface area contributed by atoms with Crippen LogP contribution in [0.15, 0.2) is 18.2 Å². The molecule has 12 heavy (non-hydrogen) atoms. The quantitative estimate of drug-likeness (QED) is 0.625. The molecule has 1 aromatic carbocycles. The van der Waals surface area contributed by atoms with Crippen molar-refractivity contribution in [2.45, 2.75) is 0 Å². The monoisotopic (exact) mass is 162 g/mol. The molecule has 0 spiro atoms. The summed E-state index contributed by atoms with van der Waals surface area (Å²) in [6.07, 6.45) is 0. The zero-order valence-electron chi connectivity index (χ0n) is 6.11. The largest absolute Gasteiger partial charge is 0.506 e. The van der Waals surface area contributed by atoms with E-state index in [4.69, 9.17) is 11.0 Å². The van der Waals surface area contributed by atoms with Crippen LogP contribution in [-0.2, 0) is 0 Å². The highest BCUT2D eigenvalue weighted by atomic mass is 16.3. The number of phenols is 1. The zero-order chi connectivity index (χ0) is 9.14. The minimum absolute atomic E-state index is 0.0333. The summed E-state index contributed by atoms with van der Waals surface area (Å²) in [4.78, 5) is 10.6. The van der Waals surface area contributed by atoms with E-state index in [1.54, 1.807) is 6.07 Å². The van der Waals surface area contributed by atoms with Crippen LogP contribution in [0.4, 0.5) is 0 Å². The van der Waals surface area contributed by atoms with Crippen molar-refractivity contribution in [3.05, 3.63) is 29.3 Å². The smallest absolute Gasteiger partial charge is 0.252 e. The Kier molecular flexibility index (Phi) is 1.97. The molecule has 0 aromatic heterocycles. The lowest BCUT2D eigenvalue weighted by Gasteiger charge is -1.99. The number of carbonyl (C=O) groups excluding carboxylic acids is 1. The molecular formula is C8H6N2O2. The van der Waals surface area contributed by atoms with E-state index in [1.165, 1.54) is 18.2 Å². The minimum Gasteiger partial charge on any atom is -0.506 e. The van der Waals surface area contributed by atoms with Crippen LogP contribution >= 0.6 is 0 Å². The molecule has 60 valence electrons. The SMILES string of the molecule is N#Cc1cccc(C(N)=O)c1O. The van der Waals surface area contributed by atoms with E-state index in [2.05, 4.69) is 0 Å². The van der Waals surface area contributed by atoms with Crippen LogP contribution in [0.1, 0.15) is 15.9 Å². The van der Waals surface area contributed by atoms with Crippen molar-refractivity contribution in [2.75, 3.05) is 0 Å². The summed E-state index contributed by atoms with van der Waals surface area (Å²) in [5.41, 5.74) is 4.94. The first kappa shape index (κ1) is 8.08. The zero-order valence-corrected chi connectivity index (χ0v) is 6.11. The molecule has 1 rings (SSSR count). The van der Waals surface area contributed by atoms with Gasteiger partial charge in [-0.2, -0.15) is 5.26 Å². The number of primary amides is 1. The highest BCUT2D eigenvalue weighted by Gasteiger charge is 2.09. The standard InChI is InChI=1S/C8H6N2O2/c9-4-5-2-1-3-6(7(5)11)8(10)12/h1-3,11H,(H2,10,12). The van der Waals surface area contributed by atoms with Gasteiger partial charge in [-0.3, -0.25) is 4.79 Å². The van der Waals surface area contributed by atoms with Gasteiger partial charge in [0.2, 0.25) is 0 Å². The number of hydrogen-bond donors (Lipinski definition) is 2. The maximum Gasteiger partial charge on any atom is 0.252 e. The lowest BCUT2D eigenvalue weighted by Crippen LogP contribution is -2.11. The molecule has 0 unspecified atom stereocenters. The molecule has 0 saturated heterocycles. The number of aromatic hydroxyl groups is 1. The van der Waals surface area contributed by atoms with Gasteiger partial charge < -0.3 is 10.8 Å². The van der Waals surface area contributed by atoms with E-state index >= 15 is 0 Å².